The first kappa shape index (κ1) is 10.4. The van der Waals surface area contributed by atoms with Crippen LogP contribution < -0.4 is 0 Å². The molecule has 0 spiro atoms. The Morgan fingerprint density at radius 1 is 0.941 bits per heavy atom. The molecule has 82 valence electrons. The molecule has 3 aromatic rings. The molecule has 0 unspecified atom stereocenters. The summed E-state index contributed by atoms with van der Waals surface area (Å²) in [6.07, 6.45) is 3.59. The number of halogens is 1. The van der Waals surface area contributed by atoms with Crippen molar-refractivity contribution >= 4 is 26.8 Å². The van der Waals surface area contributed by atoms with Crippen molar-refractivity contribution in [2.24, 2.45) is 0 Å². The van der Waals surface area contributed by atoms with Crippen molar-refractivity contribution in [3.8, 4) is 11.3 Å². The van der Waals surface area contributed by atoms with E-state index in [9.17, 15) is 0 Å². The first-order valence-electron chi connectivity index (χ1n) is 5.30. The Labute approximate surface area is 107 Å². The lowest BCUT2D eigenvalue weighted by Crippen LogP contribution is -1.86. The maximum absolute atomic E-state index is 4.66. The van der Waals surface area contributed by atoms with Gasteiger partial charge >= 0.3 is 0 Å². The van der Waals surface area contributed by atoms with Crippen LogP contribution in [0.15, 0.2) is 59.3 Å². The lowest BCUT2D eigenvalue weighted by atomic mass is 10.1. The number of aromatic nitrogens is 2. The minimum atomic E-state index is 0.942. The third kappa shape index (κ3) is 1.94. The molecule has 0 radical (unpaired) electrons. The van der Waals surface area contributed by atoms with Crippen molar-refractivity contribution < 1.29 is 0 Å². The highest BCUT2D eigenvalue weighted by Crippen LogP contribution is 2.25. The molecule has 0 N–H and O–H groups in total. The van der Waals surface area contributed by atoms with Crippen LogP contribution in [0.1, 0.15) is 0 Å². The average molecular weight is 285 g/mol. The summed E-state index contributed by atoms with van der Waals surface area (Å²) in [5, 5.41) is 1.13. The highest BCUT2D eigenvalue weighted by Gasteiger charge is 2.03. The van der Waals surface area contributed by atoms with E-state index in [0.717, 1.165) is 26.6 Å². The van der Waals surface area contributed by atoms with Gasteiger partial charge in [-0.1, -0.05) is 18.2 Å². The van der Waals surface area contributed by atoms with Gasteiger partial charge in [-0.25, -0.2) is 4.98 Å². The number of nitrogens with zero attached hydrogens (tertiary/aromatic N) is 2. The fourth-order valence-corrected chi connectivity index (χ4v) is 2.26. The summed E-state index contributed by atoms with van der Waals surface area (Å²) in [4.78, 5) is 8.77. The SMILES string of the molecule is Brc1cccc2ccc(-c3cccnc3)nc12. The monoisotopic (exact) mass is 284 g/mol. The minimum Gasteiger partial charge on any atom is -0.264 e. The molecule has 0 aliphatic carbocycles. The van der Waals surface area contributed by atoms with Crippen LogP contribution in [0.25, 0.3) is 22.2 Å². The molecule has 0 saturated carbocycles. The molecule has 3 heteroatoms. The van der Waals surface area contributed by atoms with Crippen LogP contribution in [-0.4, -0.2) is 9.97 Å². The summed E-state index contributed by atoms with van der Waals surface area (Å²) >= 11 is 3.53. The van der Waals surface area contributed by atoms with Gasteiger partial charge in [-0.05, 0) is 40.2 Å². The number of rotatable bonds is 1. The average Bonchev–Trinajstić information content (AvgIpc) is 2.40. The van der Waals surface area contributed by atoms with E-state index in [-0.39, 0.29) is 0 Å². The third-order valence-corrected chi connectivity index (χ3v) is 3.27. The fraction of sp³-hybridized carbons (Fsp3) is 0. The van der Waals surface area contributed by atoms with Crippen LogP contribution in [0.2, 0.25) is 0 Å². The Bertz CT molecular complexity index is 665. The molecule has 3 rings (SSSR count). The number of hydrogen-bond acceptors (Lipinski definition) is 2. The zero-order chi connectivity index (χ0) is 11.7. The van der Waals surface area contributed by atoms with Gasteiger partial charge in [0.1, 0.15) is 0 Å². The van der Waals surface area contributed by atoms with Crippen molar-refractivity contribution in [2.45, 2.75) is 0 Å². The number of benzene rings is 1. The maximum atomic E-state index is 4.66. The Balaban J connectivity index is 2.23. The Morgan fingerprint density at radius 3 is 2.71 bits per heavy atom. The highest BCUT2D eigenvalue weighted by atomic mass is 79.9. The second-order valence-electron chi connectivity index (χ2n) is 3.75. The van der Waals surface area contributed by atoms with Crippen LogP contribution in [-0.2, 0) is 0 Å². The van der Waals surface area contributed by atoms with Gasteiger partial charge in [-0.2, -0.15) is 0 Å². The van der Waals surface area contributed by atoms with E-state index in [2.05, 4.69) is 38.0 Å². The molecular weight excluding hydrogens is 276 g/mol. The van der Waals surface area contributed by atoms with Gasteiger partial charge < -0.3 is 0 Å². The predicted molar refractivity (Wildman–Crippen MR) is 72.7 cm³/mol. The first-order chi connectivity index (χ1) is 8.34. The molecule has 17 heavy (non-hydrogen) atoms. The molecule has 0 bridgehead atoms. The number of hydrogen-bond donors (Lipinski definition) is 0. The lowest BCUT2D eigenvalue weighted by Gasteiger charge is -2.04. The Hall–Kier alpha value is -1.74. The number of fused-ring (bicyclic) bond motifs is 1. The van der Waals surface area contributed by atoms with Crippen LogP contribution >= 0.6 is 15.9 Å². The number of para-hydroxylation sites is 1. The standard InChI is InChI=1S/C14H9BrN2/c15-12-5-1-3-10-6-7-13(17-14(10)12)11-4-2-8-16-9-11/h1-9H. The highest BCUT2D eigenvalue weighted by molar-refractivity contribution is 9.10. The normalized spacial score (nSPS) is 10.6. The van der Waals surface area contributed by atoms with Crippen molar-refractivity contribution in [2.75, 3.05) is 0 Å². The van der Waals surface area contributed by atoms with Crippen molar-refractivity contribution in [3.05, 3.63) is 59.3 Å². The molecule has 2 aromatic heterocycles. The Kier molecular flexibility index (Phi) is 2.61. The summed E-state index contributed by atoms with van der Waals surface area (Å²) in [5.41, 5.74) is 2.96. The smallest absolute Gasteiger partial charge is 0.0851 e. The predicted octanol–water partition coefficient (Wildman–Crippen LogP) is 4.06. The summed E-state index contributed by atoms with van der Waals surface area (Å²) < 4.78 is 1.01. The topological polar surface area (TPSA) is 25.8 Å². The first-order valence-corrected chi connectivity index (χ1v) is 6.09. The van der Waals surface area contributed by atoms with Crippen LogP contribution in [0.5, 0.6) is 0 Å². The number of pyridine rings is 2. The minimum absolute atomic E-state index is 0.942. The third-order valence-electron chi connectivity index (χ3n) is 2.63. The summed E-state index contributed by atoms with van der Waals surface area (Å²) in [7, 11) is 0. The Morgan fingerprint density at radius 2 is 1.88 bits per heavy atom. The molecule has 0 amide bonds. The largest absolute Gasteiger partial charge is 0.264 e. The fourth-order valence-electron chi connectivity index (χ4n) is 1.79. The molecular formula is C14H9BrN2. The zero-order valence-corrected chi connectivity index (χ0v) is 10.6. The van der Waals surface area contributed by atoms with Crippen molar-refractivity contribution in [1.29, 1.82) is 0 Å². The van der Waals surface area contributed by atoms with Gasteiger partial charge in [-0.15, -0.1) is 0 Å². The summed E-state index contributed by atoms with van der Waals surface area (Å²) in [6, 6.07) is 14.1. The molecule has 2 heterocycles. The van der Waals surface area contributed by atoms with E-state index < -0.39 is 0 Å². The van der Waals surface area contributed by atoms with Gasteiger partial charge in [0.05, 0.1) is 11.2 Å². The van der Waals surface area contributed by atoms with Gasteiger partial charge in [0, 0.05) is 27.8 Å². The van der Waals surface area contributed by atoms with Gasteiger partial charge in [-0.3, -0.25) is 4.98 Å². The van der Waals surface area contributed by atoms with E-state index >= 15 is 0 Å². The molecule has 0 aliphatic rings. The van der Waals surface area contributed by atoms with Crippen LogP contribution in [0, 0.1) is 0 Å². The molecule has 0 aliphatic heterocycles. The summed E-state index contributed by atoms with van der Waals surface area (Å²) in [5.74, 6) is 0. The second-order valence-corrected chi connectivity index (χ2v) is 4.60. The maximum Gasteiger partial charge on any atom is 0.0851 e. The van der Waals surface area contributed by atoms with Crippen LogP contribution in [0.4, 0.5) is 0 Å². The van der Waals surface area contributed by atoms with E-state index in [1.54, 1.807) is 6.20 Å². The van der Waals surface area contributed by atoms with E-state index in [0.29, 0.717) is 0 Å². The van der Waals surface area contributed by atoms with E-state index in [1.807, 2.05) is 36.5 Å². The zero-order valence-electron chi connectivity index (χ0n) is 8.97. The molecule has 0 atom stereocenters. The quantitative estimate of drug-likeness (QED) is 0.673. The van der Waals surface area contributed by atoms with Gasteiger partial charge in [0.2, 0.25) is 0 Å². The van der Waals surface area contributed by atoms with Crippen LogP contribution in [0.3, 0.4) is 0 Å². The summed E-state index contributed by atoms with van der Waals surface area (Å²) in [6.45, 7) is 0. The van der Waals surface area contributed by atoms with E-state index in [4.69, 9.17) is 0 Å². The molecule has 1 aromatic carbocycles. The van der Waals surface area contributed by atoms with Gasteiger partial charge in [0.15, 0.2) is 0 Å². The lowest BCUT2D eigenvalue weighted by molar-refractivity contribution is 1.30. The second kappa shape index (κ2) is 4.26. The van der Waals surface area contributed by atoms with Crippen molar-refractivity contribution in [3.63, 3.8) is 0 Å². The molecule has 2 nitrogen and oxygen atoms in total. The van der Waals surface area contributed by atoms with Crippen molar-refractivity contribution in [1.82, 2.24) is 9.97 Å². The van der Waals surface area contributed by atoms with Gasteiger partial charge in [0.25, 0.3) is 0 Å². The van der Waals surface area contributed by atoms with E-state index in [1.165, 1.54) is 0 Å². The molecule has 0 fully saturated rings. The molecule has 0 saturated heterocycles.